The molecule has 15 N–H and O–H groups in total. The third kappa shape index (κ3) is 16.9. The Labute approximate surface area is 281 Å². The maximum absolute atomic E-state index is 13.3. The van der Waals surface area contributed by atoms with E-state index in [1.807, 2.05) is 0 Å². The minimum atomic E-state index is -1.86. The molecule has 0 bridgehead atoms. The molecule has 0 spiro atoms. The van der Waals surface area contributed by atoms with E-state index in [1.165, 1.54) is 27.7 Å². The monoisotopic (exact) mass is 701 g/mol. The molecule has 0 aromatic heterocycles. The Kier molecular flexibility index (Phi) is 18.5. The normalized spacial score (nSPS) is 14.6. The minimum Gasteiger partial charge on any atom is -0.481 e. The maximum Gasteiger partial charge on any atom is 0.326 e. The second kappa shape index (κ2) is 20.8. The van der Waals surface area contributed by atoms with Crippen molar-refractivity contribution in [2.75, 3.05) is 0 Å². The minimum absolute atomic E-state index is 0.346. The van der Waals surface area contributed by atoms with Crippen molar-refractivity contribution in [3.8, 4) is 0 Å². The molecular weight excluding hydrogens is 654 g/mol. The summed E-state index contributed by atoms with van der Waals surface area (Å²) in [6, 6.07) is -9.23. The van der Waals surface area contributed by atoms with Gasteiger partial charge in [0.15, 0.2) is 0 Å². The van der Waals surface area contributed by atoms with Gasteiger partial charge in [-0.05, 0) is 24.7 Å². The summed E-state index contributed by atoms with van der Waals surface area (Å²) in [5, 5.41) is 30.1. The van der Waals surface area contributed by atoms with Crippen LogP contribution < -0.4 is 49.5 Å². The molecule has 0 heterocycles. The van der Waals surface area contributed by atoms with Crippen molar-refractivity contribution in [1.29, 1.82) is 0 Å². The van der Waals surface area contributed by atoms with Gasteiger partial charge in [-0.2, -0.15) is 0 Å². The Bertz CT molecular complexity index is 1270. The zero-order valence-electron chi connectivity index (χ0n) is 27.6. The van der Waals surface area contributed by atoms with Crippen LogP contribution in [0.15, 0.2) is 0 Å². The molecule has 276 valence electrons. The zero-order valence-corrected chi connectivity index (χ0v) is 27.6. The highest BCUT2D eigenvalue weighted by Crippen LogP contribution is 2.09. The van der Waals surface area contributed by atoms with E-state index in [2.05, 4.69) is 26.6 Å². The maximum atomic E-state index is 13.3. The van der Waals surface area contributed by atoms with Crippen LogP contribution in [-0.2, 0) is 47.9 Å². The molecule has 0 radical (unpaired) electrons. The smallest absolute Gasteiger partial charge is 0.326 e. The molecule has 6 atom stereocenters. The summed E-state index contributed by atoms with van der Waals surface area (Å²) in [6.07, 6.45) is -3.16. The number of nitrogens with two attached hydrogens (primary N) is 4. The van der Waals surface area contributed by atoms with E-state index < -0.39 is 139 Å². The summed E-state index contributed by atoms with van der Waals surface area (Å²) in [4.78, 5) is 122. The summed E-state index contributed by atoms with van der Waals surface area (Å²) in [7, 11) is 0. The van der Waals surface area contributed by atoms with E-state index in [1.54, 1.807) is 0 Å². The number of carbonyl (C=O) groups is 10. The van der Waals surface area contributed by atoms with Gasteiger partial charge in [-0.3, -0.25) is 43.2 Å². The summed E-state index contributed by atoms with van der Waals surface area (Å²) < 4.78 is 0. The third-order valence-electron chi connectivity index (χ3n) is 6.87. The van der Waals surface area contributed by atoms with Crippen molar-refractivity contribution >= 4 is 59.2 Å². The lowest BCUT2D eigenvalue weighted by Crippen LogP contribution is -2.60. The molecule has 21 nitrogen and oxygen atoms in total. The summed E-state index contributed by atoms with van der Waals surface area (Å²) in [6.45, 7) is 5.97. The van der Waals surface area contributed by atoms with Gasteiger partial charge in [0, 0.05) is 12.8 Å². The van der Waals surface area contributed by atoms with Crippen LogP contribution in [0.4, 0.5) is 0 Å². The fourth-order valence-corrected chi connectivity index (χ4v) is 4.17. The van der Waals surface area contributed by atoms with Crippen molar-refractivity contribution in [3.05, 3.63) is 0 Å². The lowest BCUT2D eigenvalue weighted by molar-refractivity contribution is -0.144. The average Bonchev–Trinajstić information content (AvgIpc) is 2.96. The lowest BCUT2D eigenvalue weighted by atomic mass is 10.0. The van der Waals surface area contributed by atoms with E-state index in [0.29, 0.717) is 0 Å². The number of carboxylic acids is 2. The van der Waals surface area contributed by atoms with Crippen LogP contribution in [0.3, 0.4) is 0 Å². The van der Waals surface area contributed by atoms with Crippen LogP contribution in [0.2, 0.25) is 0 Å². The number of hydrogen-bond donors (Lipinski definition) is 11. The number of rotatable bonds is 23. The first kappa shape index (κ1) is 43.7. The Hall–Kier alpha value is -5.34. The highest BCUT2D eigenvalue weighted by Gasteiger charge is 2.35. The van der Waals surface area contributed by atoms with E-state index in [4.69, 9.17) is 22.9 Å². The molecule has 21 heteroatoms. The standard InChI is InChI=1S/C28H47N9O12/c1-11(2)21(36-24(44)14(5-7-17(30)38)33-23(43)13(29)9-19(32)40)27(47)35-16(10-20(41)42)26(46)34-15(6-8-18(31)39)25(45)37-22(12(3)4)28(48)49/h11-16,21-22H,5-10,29H2,1-4H3,(H2,30,38)(H2,31,39)(H2,32,40)(H,33,43)(H,34,46)(H,35,47)(H,36,44)(H,37,45)(H,41,42)(H,48,49)/t13-,14-,15-,16-,21-,22-/m0/s1. The number of amides is 8. The van der Waals surface area contributed by atoms with E-state index >= 15 is 0 Å². The molecule has 8 amide bonds. The van der Waals surface area contributed by atoms with Gasteiger partial charge in [0.1, 0.15) is 30.2 Å². The molecule has 0 aliphatic carbocycles. The van der Waals surface area contributed by atoms with Crippen LogP contribution in [0.25, 0.3) is 0 Å². The molecule has 0 saturated carbocycles. The predicted molar refractivity (Wildman–Crippen MR) is 168 cm³/mol. The van der Waals surface area contributed by atoms with Gasteiger partial charge in [0.2, 0.25) is 47.3 Å². The first-order valence-corrected chi connectivity index (χ1v) is 15.1. The topological polar surface area (TPSA) is 375 Å². The van der Waals surface area contributed by atoms with E-state index in [-0.39, 0.29) is 6.42 Å². The van der Waals surface area contributed by atoms with Crippen molar-refractivity contribution in [3.63, 3.8) is 0 Å². The van der Waals surface area contributed by atoms with Crippen LogP contribution in [0.5, 0.6) is 0 Å². The zero-order chi connectivity index (χ0) is 38.2. The highest BCUT2D eigenvalue weighted by atomic mass is 16.4. The SMILES string of the molecule is CC(C)[C@H](NC(=O)[C@H](CCC(N)=O)NC(=O)[C@H](CC(=O)O)NC(=O)[C@@H](NC(=O)[C@H](CCC(N)=O)NC(=O)[C@@H](N)CC(N)=O)C(C)C)C(=O)O. The molecule has 0 aliphatic rings. The van der Waals surface area contributed by atoms with Gasteiger partial charge in [0.25, 0.3) is 0 Å². The van der Waals surface area contributed by atoms with Gasteiger partial charge in [0.05, 0.1) is 18.9 Å². The van der Waals surface area contributed by atoms with Gasteiger partial charge >= 0.3 is 11.9 Å². The molecular formula is C28H47N9O12. The number of hydrogen-bond acceptors (Lipinski definition) is 11. The van der Waals surface area contributed by atoms with Crippen LogP contribution in [-0.4, -0.2) is 106 Å². The van der Waals surface area contributed by atoms with Gasteiger partial charge < -0.3 is 59.7 Å². The first-order chi connectivity index (χ1) is 22.6. The Morgan fingerprint density at radius 2 is 0.898 bits per heavy atom. The number of carbonyl (C=O) groups excluding carboxylic acids is 8. The largest absolute Gasteiger partial charge is 0.481 e. The molecule has 0 aromatic carbocycles. The van der Waals surface area contributed by atoms with Crippen molar-refractivity contribution in [2.45, 2.75) is 102 Å². The second-order valence-corrected chi connectivity index (χ2v) is 11.9. The fourth-order valence-electron chi connectivity index (χ4n) is 4.17. The van der Waals surface area contributed by atoms with Crippen LogP contribution >= 0.6 is 0 Å². The molecule has 0 rings (SSSR count). The molecule has 0 aliphatic heterocycles. The molecule has 0 aromatic rings. The Balaban J connectivity index is 6.15. The fraction of sp³-hybridized carbons (Fsp3) is 0.643. The second-order valence-electron chi connectivity index (χ2n) is 11.9. The summed E-state index contributed by atoms with van der Waals surface area (Å²) in [5.41, 5.74) is 21.0. The predicted octanol–water partition coefficient (Wildman–Crippen LogP) is -4.98. The van der Waals surface area contributed by atoms with Crippen LogP contribution in [0.1, 0.15) is 66.2 Å². The third-order valence-corrected chi connectivity index (χ3v) is 6.87. The lowest BCUT2D eigenvalue weighted by Gasteiger charge is -2.28. The molecule has 0 saturated heterocycles. The molecule has 0 unspecified atom stereocenters. The van der Waals surface area contributed by atoms with E-state index in [9.17, 15) is 58.2 Å². The van der Waals surface area contributed by atoms with E-state index in [0.717, 1.165) is 0 Å². The van der Waals surface area contributed by atoms with Gasteiger partial charge in [-0.1, -0.05) is 27.7 Å². The Morgan fingerprint density at radius 1 is 0.510 bits per heavy atom. The quantitative estimate of drug-likeness (QED) is 0.0476. The number of carboxylic acid groups (broad SMARTS) is 2. The van der Waals surface area contributed by atoms with Crippen molar-refractivity contribution in [1.82, 2.24) is 26.6 Å². The van der Waals surface area contributed by atoms with Crippen molar-refractivity contribution in [2.24, 2.45) is 34.8 Å². The average molecular weight is 702 g/mol. The number of nitrogens with one attached hydrogen (secondary N) is 5. The first-order valence-electron chi connectivity index (χ1n) is 15.1. The Morgan fingerprint density at radius 3 is 1.27 bits per heavy atom. The molecule has 49 heavy (non-hydrogen) atoms. The number of aliphatic carboxylic acids is 2. The highest BCUT2D eigenvalue weighted by molar-refractivity contribution is 5.98. The van der Waals surface area contributed by atoms with Gasteiger partial charge in [-0.15, -0.1) is 0 Å². The van der Waals surface area contributed by atoms with Crippen molar-refractivity contribution < 1.29 is 58.2 Å². The number of primary amides is 3. The summed E-state index contributed by atoms with van der Waals surface area (Å²) >= 11 is 0. The van der Waals surface area contributed by atoms with Gasteiger partial charge in [-0.25, -0.2) is 4.79 Å². The summed E-state index contributed by atoms with van der Waals surface area (Å²) in [5.74, 6) is -12.1. The molecule has 0 fully saturated rings. The van der Waals surface area contributed by atoms with Crippen LogP contribution in [0, 0.1) is 11.8 Å².